The lowest BCUT2D eigenvalue weighted by atomic mass is 10.2. The minimum absolute atomic E-state index is 0. The highest BCUT2D eigenvalue weighted by Crippen LogP contribution is 2.38. The van der Waals surface area contributed by atoms with Crippen molar-refractivity contribution in [1.29, 1.82) is 0 Å². The van der Waals surface area contributed by atoms with Crippen molar-refractivity contribution in [3.8, 4) is 0 Å². The zero-order valence-electron chi connectivity index (χ0n) is 5.42. The van der Waals surface area contributed by atoms with Gasteiger partial charge < -0.3 is 4.90 Å². The molecule has 64 valence electrons. The summed E-state index contributed by atoms with van der Waals surface area (Å²) in [5.41, 5.74) is -0.741. The molecule has 2 rings (SSSR count). The molecule has 1 amide bonds. The number of amides is 1. The van der Waals surface area contributed by atoms with Gasteiger partial charge in [-0.1, -0.05) is 19.2 Å². The SMILES string of the molecule is C.O=C1C[C@H]2SC(F)CCN12. The molecule has 2 fully saturated rings. The van der Waals surface area contributed by atoms with Crippen LogP contribution < -0.4 is 0 Å². The maximum absolute atomic E-state index is 12.6. The molecule has 2 aliphatic heterocycles. The molecule has 2 saturated heterocycles. The first-order chi connectivity index (χ1) is 4.77. The molecule has 0 aromatic carbocycles. The Balaban J connectivity index is 0.000000605. The molecule has 0 aliphatic carbocycles. The van der Waals surface area contributed by atoms with Crippen LogP contribution in [-0.2, 0) is 4.79 Å². The number of hydrogen-bond donors (Lipinski definition) is 0. The Morgan fingerprint density at radius 3 is 2.91 bits per heavy atom. The zero-order chi connectivity index (χ0) is 7.14. The Bertz CT molecular complexity index is 176. The van der Waals surface area contributed by atoms with Crippen LogP contribution in [0.4, 0.5) is 4.39 Å². The van der Waals surface area contributed by atoms with E-state index in [0.717, 1.165) is 0 Å². The summed E-state index contributed by atoms with van der Waals surface area (Å²) in [6.45, 7) is 0.623. The lowest BCUT2D eigenvalue weighted by molar-refractivity contribution is -0.142. The lowest BCUT2D eigenvalue weighted by Crippen LogP contribution is -2.54. The van der Waals surface area contributed by atoms with Crippen molar-refractivity contribution in [2.45, 2.75) is 31.1 Å². The smallest absolute Gasteiger partial charge is 0.226 e. The van der Waals surface area contributed by atoms with E-state index in [9.17, 15) is 9.18 Å². The quantitative estimate of drug-likeness (QED) is 0.524. The molecule has 0 aromatic heterocycles. The zero-order valence-corrected chi connectivity index (χ0v) is 6.23. The Hall–Kier alpha value is -0.250. The van der Waals surface area contributed by atoms with E-state index in [1.807, 2.05) is 0 Å². The molecule has 0 bridgehead atoms. The molecular weight excluding hydrogens is 165 g/mol. The first kappa shape index (κ1) is 8.84. The average Bonchev–Trinajstić information content (AvgIpc) is 1.86. The summed E-state index contributed by atoms with van der Waals surface area (Å²) >= 11 is 1.28. The molecule has 0 spiro atoms. The third-order valence-corrected chi connectivity index (χ3v) is 3.19. The van der Waals surface area contributed by atoms with E-state index in [2.05, 4.69) is 0 Å². The number of fused-ring (bicyclic) bond motifs is 1. The van der Waals surface area contributed by atoms with Crippen molar-refractivity contribution in [2.24, 2.45) is 0 Å². The van der Waals surface area contributed by atoms with Gasteiger partial charge in [0.25, 0.3) is 0 Å². The van der Waals surface area contributed by atoms with Crippen LogP contribution >= 0.6 is 11.8 Å². The number of carbonyl (C=O) groups is 1. The molecule has 11 heavy (non-hydrogen) atoms. The van der Waals surface area contributed by atoms with Crippen molar-refractivity contribution in [2.75, 3.05) is 6.54 Å². The van der Waals surface area contributed by atoms with Crippen LogP contribution in [0.5, 0.6) is 0 Å². The molecule has 0 saturated carbocycles. The number of β-lactam (4-membered cyclic amide) rings is 1. The van der Waals surface area contributed by atoms with E-state index in [4.69, 9.17) is 0 Å². The monoisotopic (exact) mass is 177 g/mol. The molecule has 0 aromatic rings. The number of halogens is 1. The van der Waals surface area contributed by atoms with Gasteiger partial charge in [0.2, 0.25) is 5.91 Å². The van der Waals surface area contributed by atoms with Gasteiger partial charge in [0.1, 0.15) is 5.50 Å². The second-order valence-corrected chi connectivity index (χ2v) is 3.91. The van der Waals surface area contributed by atoms with Crippen molar-refractivity contribution < 1.29 is 9.18 Å². The Labute approximate surface area is 70.1 Å². The second kappa shape index (κ2) is 3.01. The van der Waals surface area contributed by atoms with Gasteiger partial charge in [0.05, 0.1) is 11.8 Å². The van der Waals surface area contributed by atoms with Crippen LogP contribution in [0, 0.1) is 0 Å². The molecule has 2 atom stereocenters. The minimum atomic E-state index is -0.741. The van der Waals surface area contributed by atoms with Crippen LogP contribution in [0.25, 0.3) is 0 Å². The maximum Gasteiger partial charge on any atom is 0.226 e. The van der Waals surface area contributed by atoms with Crippen LogP contribution in [0.15, 0.2) is 0 Å². The van der Waals surface area contributed by atoms with Gasteiger partial charge in [0, 0.05) is 13.0 Å². The molecule has 0 N–H and O–H groups in total. The van der Waals surface area contributed by atoms with Crippen LogP contribution in [0.2, 0.25) is 0 Å². The predicted octanol–water partition coefficient (Wildman–Crippen LogP) is 1.61. The molecule has 2 aliphatic rings. The third kappa shape index (κ3) is 1.36. The maximum atomic E-state index is 12.6. The van der Waals surface area contributed by atoms with Gasteiger partial charge in [-0.25, -0.2) is 4.39 Å². The second-order valence-electron chi connectivity index (χ2n) is 2.58. The molecule has 2 heterocycles. The summed E-state index contributed by atoms with van der Waals surface area (Å²) in [5, 5.41) is 0.163. The molecular formula is C7H12FNOS. The summed E-state index contributed by atoms with van der Waals surface area (Å²) in [6.07, 6.45) is 1.05. The van der Waals surface area contributed by atoms with Gasteiger partial charge >= 0.3 is 0 Å². The molecule has 1 unspecified atom stereocenters. The number of nitrogens with zero attached hydrogens (tertiary/aromatic N) is 1. The van der Waals surface area contributed by atoms with Crippen LogP contribution in [-0.4, -0.2) is 28.2 Å². The summed E-state index contributed by atoms with van der Waals surface area (Å²) in [5.74, 6) is 0.185. The number of alkyl halides is 1. The first-order valence-corrected chi connectivity index (χ1v) is 4.30. The van der Waals surface area contributed by atoms with Gasteiger partial charge in [-0.15, -0.1) is 0 Å². The fraction of sp³-hybridized carbons (Fsp3) is 0.857. The average molecular weight is 177 g/mol. The van der Waals surface area contributed by atoms with E-state index in [-0.39, 0.29) is 18.7 Å². The summed E-state index contributed by atoms with van der Waals surface area (Å²) in [6, 6.07) is 0. The number of thioether (sulfide) groups is 1. The van der Waals surface area contributed by atoms with E-state index in [1.54, 1.807) is 4.90 Å². The minimum Gasteiger partial charge on any atom is -0.330 e. The topological polar surface area (TPSA) is 20.3 Å². The van der Waals surface area contributed by atoms with Crippen LogP contribution in [0.3, 0.4) is 0 Å². The van der Waals surface area contributed by atoms with Gasteiger partial charge in [-0.2, -0.15) is 0 Å². The number of rotatable bonds is 0. The van der Waals surface area contributed by atoms with Crippen molar-refractivity contribution in [3.63, 3.8) is 0 Å². The Morgan fingerprint density at radius 1 is 1.64 bits per heavy atom. The van der Waals surface area contributed by atoms with Crippen molar-refractivity contribution >= 4 is 17.7 Å². The van der Waals surface area contributed by atoms with Crippen molar-refractivity contribution in [3.05, 3.63) is 0 Å². The molecule has 2 nitrogen and oxygen atoms in total. The number of hydrogen-bond acceptors (Lipinski definition) is 2. The number of carbonyl (C=O) groups excluding carboxylic acids is 1. The van der Waals surface area contributed by atoms with E-state index < -0.39 is 5.50 Å². The Morgan fingerprint density at radius 2 is 2.36 bits per heavy atom. The highest BCUT2D eigenvalue weighted by atomic mass is 32.2. The predicted molar refractivity (Wildman–Crippen MR) is 44.0 cm³/mol. The highest BCUT2D eigenvalue weighted by molar-refractivity contribution is 8.00. The van der Waals surface area contributed by atoms with Crippen molar-refractivity contribution in [1.82, 2.24) is 4.90 Å². The van der Waals surface area contributed by atoms with Gasteiger partial charge in [-0.3, -0.25) is 4.79 Å². The van der Waals surface area contributed by atoms with Gasteiger partial charge in [0.15, 0.2) is 0 Å². The van der Waals surface area contributed by atoms with Crippen LogP contribution in [0.1, 0.15) is 20.3 Å². The van der Waals surface area contributed by atoms with E-state index in [0.29, 0.717) is 19.4 Å². The standard InChI is InChI=1S/C6H8FNOS.CH4/c7-4-1-2-8-5(9)3-6(8)10-4;/h4,6H,1-3H2;1H4/t4?,6-;/m1./s1. The summed E-state index contributed by atoms with van der Waals surface area (Å²) in [4.78, 5) is 12.5. The Kier molecular flexibility index (Phi) is 2.42. The molecule has 0 radical (unpaired) electrons. The van der Waals surface area contributed by atoms with E-state index >= 15 is 0 Å². The molecule has 4 heteroatoms. The van der Waals surface area contributed by atoms with Gasteiger partial charge in [-0.05, 0) is 0 Å². The lowest BCUT2D eigenvalue weighted by Gasteiger charge is -2.44. The highest BCUT2D eigenvalue weighted by Gasteiger charge is 2.41. The first-order valence-electron chi connectivity index (χ1n) is 3.36. The third-order valence-electron chi connectivity index (χ3n) is 1.92. The largest absolute Gasteiger partial charge is 0.330 e. The summed E-state index contributed by atoms with van der Waals surface area (Å²) in [7, 11) is 0. The fourth-order valence-electron chi connectivity index (χ4n) is 1.29. The fourth-order valence-corrected chi connectivity index (χ4v) is 2.49. The van der Waals surface area contributed by atoms with E-state index in [1.165, 1.54) is 11.8 Å². The normalized spacial score (nSPS) is 35.4. The summed E-state index contributed by atoms with van der Waals surface area (Å²) < 4.78 is 12.6.